The second kappa shape index (κ2) is 7.47. The third-order valence-corrected chi connectivity index (χ3v) is 21.5. The van der Waals surface area contributed by atoms with E-state index in [9.17, 15) is 0 Å². The molecule has 0 radical (unpaired) electrons. The van der Waals surface area contributed by atoms with Crippen molar-refractivity contribution in [3.8, 4) is 0 Å². The van der Waals surface area contributed by atoms with Gasteiger partial charge in [-0.05, 0) is 43.1 Å². The second-order valence-corrected chi connectivity index (χ2v) is 32.2. The minimum absolute atomic E-state index is 1.39. The first kappa shape index (κ1) is 23.2. The van der Waals surface area contributed by atoms with Crippen LogP contribution in [0.5, 0.6) is 0 Å². The Morgan fingerprint density at radius 2 is 0.812 bits per heavy atom. The van der Waals surface area contributed by atoms with Crippen molar-refractivity contribution in [3.63, 3.8) is 0 Å². The fourth-order valence-corrected chi connectivity index (χ4v) is 14.4. The summed E-state index contributed by atoms with van der Waals surface area (Å²) < 4.78 is 10.9. The molecule has 0 aliphatic heterocycles. The highest BCUT2D eigenvalue weighted by atomic mass is 32.1. The molecular weight excluding hydrogens is 513 g/mol. The summed E-state index contributed by atoms with van der Waals surface area (Å²) in [6.07, 6.45) is 0. The van der Waals surface area contributed by atoms with Gasteiger partial charge in [-0.25, -0.2) is 0 Å². The molecule has 7 heteroatoms. The van der Waals surface area contributed by atoms with Crippen LogP contribution in [0.1, 0.15) is 0 Å². The van der Waals surface area contributed by atoms with Gasteiger partial charge in [-0.2, -0.15) is 0 Å². The molecule has 168 valence electrons. The van der Waals surface area contributed by atoms with E-state index < -0.39 is 24.2 Å². The van der Waals surface area contributed by atoms with Crippen LogP contribution in [0.25, 0.3) is 0 Å². The van der Waals surface area contributed by atoms with Crippen molar-refractivity contribution >= 4 is 83.1 Å². The van der Waals surface area contributed by atoms with E-state index >= 15 is 0 Å². The Morgan fingerprint density at radius 1 is 0.469 bits per heavy atom. The van der Waals surface area contributed by atoms with Gasteiger partial charge in [-0.1, -0.05) is 58.9 Å². The van der Waals surface area contributed by atoms with Crippen molar-refractivity contribution in [1.82, 2.24) is 0 Å². The van der Waals surface area contributed by atoms with Gasteiger partial charge in [0.1, 0.15) is 0 Å². The Labute approximate surface area is 209 Å². The Balaban J connectivity index is 2.22. The summed E-state index contributed by atoms with van der Waals surface area (Å²) >= 11 is 8.20. The topological polar surface area (TPSA) is 0 Å². The maximum atomic E-state index is 2.59. The third kappa shape index (κ3) is 3.78. The number of rotatable bonds is 3. The molecule has 0 nitrogen and oxygen atoms in total. The summed E-state index contributed by atoms with van der Waals surface area (Å²) in [5, 5.41) is 8.27. The monoisotopic (exact) mass is 544 g/mol. The molecule has 1 aliphatic rings. The molecule has 1 aliphatic carbocycles. The highest BCUT2D eigenvalue weighted by molar-refractivity contribution is 7.28. The van der Waals surface area contributed by atoms with Crippen LogP contribution < -0.4 is 13.5 Å². The molecule has 0 saturated heterocycles. The minimum atomic E-state index is -1.40. The van der Waals surface area contributed by atoms with Crippen molar-refractivity contribution in [2.24, 2.45) is 0 Å². The fourth-order valence-electron chi connectivity index (χ4n) is 4.09. The largest absolute Gasteiger partial charge is 0.143 e. The first-order valence-electron chi connectivity index (χ1n) is 11.3. The van der Waals surface area contributed by atoms with Crippen molar-refractivity contribution < 1.29 is 0 Å². The van der Waals surface area contributed by atoms with Gasteiger partial charge in [0.05, 0.1) is 42.4 Å². The maximum absolute atomic E-state index is 2.59. The molecule has 0 N–H and O–H groups in total. The van der Waals surface area contributed by atoms with Crippen LogP contribution in [-0.2, 0) is 0 Å². The minimum Gasteiger partial charge on any atom is -0.143 e. The Bertz CT molecular complexity index is 1610. The molecule has 5 rings (SSSR count). The van der Waals surface area contributed by atoms with Crippen LogP contribution >= 0.6 is 45.3 Å². The van der Waals surface area contributed by atoms with Crippen LogP contribution in [0.4, 0.5) is 0 Å². The lowest BCUT2D eigenvalue weighted by Gasteiger charge is -2.12. The van der Waals surface area contributed by atoms with Crippen LogP contribution in [-0.4, -0.2) is 24.2 Å². The van der Waals surface area contributed by atoms with E-state index in [0.717, 1.165) is 0 Å². The molecule has 0 amide bonds. The molecule has 0 bridgehead atoms. The SMILES string of the molecule is C[Si](C)(C)c1cc2/c(s1)=c1/scc/c1=c1\cc([Si](C)(C)C)s\c1=c1/sc([Si](C)(C)C)c/c1=2. The summed E-state index contributed by atoms with van der Waals surface area (Å²) in [6, 6.07) is 10.1. The van der Waals surface area contributed by atoms with Crippen LogP contribution in [0.2, 0.25) is 58.9 Å². The van der Waals surface area contributed by atoms with Gasteiger partial charge < -0.3 is 0 Å². The van der Waals surface area contributed by atoms with E-state index in [1.165, 1.54) is 39.0 Å². The quantitative estimate of drug-likeness (QED) is 0.214. The molecule has 32 heavy (non-hydrogen) atoms. The zero-order valence-electron chi connectivity index (χ0n) is 20.5. The first-order valence-corrected chi connectivity index (χ1v) is 25.1. The summed E-state index contributed by atoms with van der Waals surface area (Å²) in [4.78, 5) is 0. The maximum Gasteiger partial charge on any atom is 0.0904 e. The second-order valence-electron chi connectivity index (χ2n) is 12.0. The van der Waals surface area contributed by atoms with Gasteiger partial charge in [0.2, 0.25) is 0 Å². The lowest BCUT2D eigenvalue weighted by Crippen LogP contribution is -2.35. The van der Waals surface area contributed by atoms with Gasteiger partial charge in [0.15, 0.2) is 0 Å². The zero-order valence-corrected chi connectivity index (χ0v) is 26.8. The summed E-state index contributed by atoms with van der Waals surface area (Å²) in [7, 11) is -4.18. The Kier molecular flexibility index (Phi) is 5.42. The summed E-state index contributed by atoms with van der Waals surface area (Å²) in [6.45, 7) is 22.4. The van der Waals surface area contributed by atoms with Gasteiger partial charge >= 0.3 is 0 Å². The summed E-state index contributed by atoms with van der Waals surface area (Å²) in [5.74, 6) is 0. The fraction of sp³-hybridized carbons (Fsp3) is 0.360. The third-order valence-electron chi connectivity index (χ3n) is 6.07. The highest BCUT2D eigenvalue weighted by Gasteiger charge is 2.23. The van der Waals surface area contributed by atoms with Gasteiger partial charge in [0, 0.05) is 20.9 Å². The van der Waals surface area contributed by atoms with Crippen LogP contribution in [0.3, 0.4) is 0 Å². The van der Waals surface area contributed by atoms with E-state index in [-0.39, 0.29) is 0 Å². The molecule has 0 unspecified atom stereocenters. The number of thiophene rings is 4. The van der Waals surface area contributed by atoms with E-state index in [0.29, 0.717) is 0 Å². The molecule has 0 aromatic carbocycles. The van der Waals surface area contributed by atoms with Crippen molar-refractivity contribution in [2.45, 2.75) is 58.9 Å². The molecule has 0 fully saturated rings. The van der Waals surface area contributed by atoms with Crippen molar-refractivity contribution in [1.29, 1.82) is 0 Å². The zero-order chi connectivity index (χ0) is 23.2. The van der Waals surface area contributed by atoms with E-state index in [1.54, 1.807) is 13.5 Å². The number of fused-ring (bicyclic) bond motifs is 4. The summed E-state index contributed by atoms with van der Waals surface area (Å²) in [5.41, 5.74) is 0. The van der Waals surface area contributed by atoms with Crippen LogP contribution in [0, 0.1) is 39.0 Å². The lowest BCUT2D eigenvalue weighted by atomic mass is 10.2. The molecule has 4 heterocycles. The Morgan fingerprint density at radius 3 is 1.19 bits per heavy atom. The molecule has 0 atom stereocenters. The van der Waals surface area contributed by atoms with Crippen molar-refractivity contribution in [2.75, 3.05) is 0 Å². The average Bonchev–Trinajstić information content (AvgIpc) is 3.39. The molecule has 0 saturated carbocycles. The van der Waals surface area contributed by atoms with E-state index in [1.807, 2.05) is 11.3 Å². The number of hydrogen-bond acceptors (Lipinski definition) is 4. The van der Waals surface area contributed by atoms with Gasteiger partial charge in [-0.3, -0.25) is 0 Å². The van der Waals surface area contributed by atoms with E-state index in [4.69, 9.17) is 0 Å². The van der Waals surface area contributed by atoms with E-state index in [2.05, 4.69) is 123 Å². The molecular formula is C25H32S4Si3. The Hall–Kier alpha value is -0.549. The van der Waals surface area contributed by atoms with Crippen LogP contribution in [0.15, 0.2) is 29.6 Å². The van der Waals surface area contributed by atoms with Gasteiger partial charge in [-0.15, -0.1) is 45.3 Å². The molecule has 0 spiro atoms. The lowest BCUT2D eigenvalue weighted by molar-refractivity contribution is 1.45. The van der Waals surface area contributed by atoms with Crippen molar-refractivity contribution in [3.05, 3.63) is 68.6 Å². The normalized spacial score (nSPS) is 18.3. The predicted molar refractivity (Wildman–Crippen MR) is 157 cm³/mol. The number of hydrogen-bond donors (Lipinski definition) is 0. The molecule has 4 aromatic rings. The average molecular weight is 545 g/mol. The van der Waals surface area contributed by atoms with Gasteiger partial charge in [0.25, 0.3) is 0 Å². The molecule has 4 aromatic heterocycles. The highest BCUT2D eigenvalue weighted by Crippen LogP contribution is 2.24. The smallest absolute Gasteiger partial charge is 0.0904 e. The predicted octanol–water partition coefficient (Wildman–Crippen LogP) is 7.03. The standard InChI is InChI=1S/C25H32S4Si3/c1-30(2,3)19-12-16-15-10-11-26-22(15)23-17(13-20(27-23)31(4,5)6)18-14-21(32(7,8)9)29-25(18)24(16)28-19/h10-14H,1-9H3/b16-15-,18-17-,23-22-,25-24-. The first-order chi connectivity index (χ1) is 14.7.